The minimum Gasteiger partial charge on any atom is -0.467 e. The van der Waals surface area contributed by atoms with Crippen molar-refractivity contribution in [3.63, 3.8) is 0 Å². The Bertz CT molecular complexity index is 1120. The minimum absolute atomic E-state index is 0.0501. The Hall–Kier alpha value is -3.33. The van der Waals surface area contributed by atoms with Crippen molar-refractivity contribution in [2.24, 2.45) is 0 Å². The van der Waals surface area contributed by atoms with E-state index in [2.05, 4.69) is 10.3 Å². The van der Waals surface area contributed by atoms with Gasteiger partial charge in [0, 0.05) is 6.04 Å². The highest BCUT2D eigenvalue weighted by atomic mass is 32.1. The van der Waals surface area contributed by atoms with E-state index in [0.29, 0.717) is 10.9 Å². The fraction of sp³-hybridized carbons (Fsp3) is 0.250. The van der Waals surface area contributed by atoms with Crippen LogP contribution in [-0.4, -0.2) is 20.7 Å². The molecule has 0 aliphatic heterocycles. The summed E-state index contributed by atoms with van der Waals surface area (Å²) in [4.78, 5) is 29.1. The molecule has 0 bridgehead atoms. The average Bonchev–Trinajstić information content (AvgIpc) is 3.36. The van der Waals surface area contributed by atoms with Crippen LogP contribution in [0.5, 0.6) is 0 Å². The molecule has 4 rings (SSSR count). The van der Waals surface area contributed by atoms with E-state index in [9.17, 15) is 9.59 Å². The molecule has 1 fully saturated rings. The standard InChI is InChI=1S/C20H21N5O3S/c21-17-16(18(26)23-19(27)25(17)11-13-5-2-1-3-6-13)24(12-15-7-4-10-28-15)20(29)22-14-8-9-14/h1-7,10,14H,8-9,11-12,21H2,(H,22,29)(H,23,26,27). The van der Waals surface area contributed by atoms with E-state index in [1.54, 1.807) is 23.3 Å². The molecule has 0 spiro atoms. The lowest BCUT2D eigenvalue weighted by molar-refractivity contribution is 0.511. The summed E-state index contributed by atoms with van der Waals surface area (Å²) < 4.78 is 6.77. The second-order valence-corrected chi connectivity index (χ2v) is 7.34. The van der Waals surface area contributed by atoms with Crippen molar-refractivity contribution in [3.05, 3.63) is 80.9 Å². The molecule has 1 aliphatic rings. The van der Waals surface area contributed by atoms with Gasteiger partial charge in [0.05, 0.1) is 19.4 Å². The molecule has 0 unspecified atom stereocenters. The second kappa shape index (κ2) is 7.96. The van der Waals surface area contributed by atoms with Crippen molar-refractivity contribution in [1.29, 1.82) is 0 Å². The Morgan fingerprint density at radius 1 is 1.24 bits per heavy atom. The lowest BCUT2D eigenvalue weighted by Gasteiger charge is -2.26. The molecule has 9 heteroatoms. The van der Waals surface area contributed by atoms with Crippen LogP contribution in [0.4, 0.5) is 11.5 Å². The van der Waals surface area contributed by atoms with Gasteiger partial charge in [-0.3, -0.25) is 14.3 Å². The summed E-state index contributed by atoms with van der Waals surface area (Å²) in [6, 6.07) is 13.2. The zero-order valence-corrected chi connectivity index (χ0v) is 16.4. The summed E-state index contributed by atoms with van der Waals surface area (Å²) in [6.45, 7) is 0.440. The molecule has 2 aromatic heterocycles. The van der Waals surface area contributed by atoms with E-state index in [-0.39, 0.29) is 30.6 Å². The van der Waals surface area contributed by atoms with Crippen LogP contribution in [0.1, 0.15) is 24.2 Å². The molecular weight excluding hydrogens is 390 g/mol. The number of nitrogen functional groups attached to an aromatic ring is 1. The van der Waals surface area contributed by atoms with Crippen molar-refractivity contribution >= 4 is 28.8 Å². The maximum atomic E-state index is 12.7. The molecule has 1 aromatic carbocycles. The van der Waals surface area contributed by atoms with Gasteiger partial charge in [0.15, 0.2) is 10.8 Å². The molecule has 1 aliphatic carbocycles. The summed E-state index contributed by atoms with van der Waals surface area (Å²) >= 11 is 5.55. The van der Waals surface area contributed by atoms with Crippen molar-refractivity contribution < 1.29 is 4.42 Å². The summed E-state index contributed by atoms with van der Waals surface area (Å²) in [7, 11) is 0. The highest BCUT2D eigenvalue weighted by Crippen LogP contribution is 2.24. The first-order valence-electron chi connectivity index (χ1n) is 9.30. The molecule has 0 saturated heterocycles. The summed E-state index contributed by atoms with van der Waals surface area (Å²) in [5.74, 6) is 0.665. The van der Waals surface area contributed by atoms with E-state index in [0.717, 1.165) is 18.4 Å². The Balaban J connectivity index is 1.76. The van der Waals surface area contributed by atoms with Gasteiger partial charge < -0.3 is 20.4 Å². The van der Waals surface area contributed by atoms with Crippen molar-refractivity contribution in [2.75, 3.05) is 10.6 Å². The summed E-state index contributed by atoms with van der Waals surface area (Å²) in [5.41, 5.74) is 6.17. The van der Waals surface area contributed by atoms with E-state index < -0.39 is 11.2 Å². The number of nitrogens with zero attached hydrogens (tertiary/aromatic N) is 2. The molecule has 3 aromatic rings. The zero-order chi connectivity index (χ0) is 20.4. The molecule has 0 atom stereocenters. The first-order chi connectivity index (χ1) is 14.0. The number of benzene rings is 1. The molecule has 8 nitrogen and oxygen atoms in total. The number of aromatic nitrogens is 2. The van der Waals surface area contributed by atoms with Gasteiger partial charge >= 0.3 is 5.69 Å². The smallest absolute Gasteiger partial charge is 0.330 e. The largest absolute Gasteiger partial charge is 0.467 e. The summed E-state index contributed by atoms with van der Waals surface area (Å²) in [6.07, 6.45) is 3.59. The SMILES string of the molecule is Nc1c(N(Cc2ccco2)C(=S)NC2CC2)c(=O)[nH]c(=O)n1Cc1ccccc1. The molecular formula is C20H21N5O3S. The first-order valence-corrected chi connectivity index (χ1v) is 9.70. The van der Waals surface area contributed by atoms with Crippen molar-refractivity contribution in [3.8, 4) is 0 Å². The number of rotatable bonds is 6. The third kappa shape index (κ3) is 4.24. The fourth-order valence-corrected chi connectivity index (χ4v) is 3.37. The molecule has 0 radical (unpaired) electrons. The van der Waals surface area contributed by atoms with Gasteiger partial charge in [0.1, 0.15) is 11.6 Å². The highest BCUT2D eigenvalue weighted by Gasteiger charge is 2.28. The Labute approximate surface area is 172 Å². The van der Waals surface area contributed by atoms with Gasteiger partial charge in [-0.25, -0.2) is 4.79 Å². The monoisotopic (exact) mass is 411 g/mol. The number of hydrogen-bond acceptors (Lipinski definition) is 5. The van der Waals surface area contributed by atoms with E-state index >= 15 is 0 Å². The average molecular weight is 411 g/mol. The lowest BCUT2D eigenvalue weighted by atomic mass is 10.2. The van der Waals surface area contributed by atoms with Crippen LogP contribution in [0.2, 0.25) is 0 Å². The van der Waals surface area contributed by atoms with Crippen LogP contribution in [-0.2, 0) is 13.1 Å². The highest BCUT2D eigenvalue weighted by molar-refractivity contribution is 7.80. The molecule has 0 amide bonds. The van der Waals surface area contributed by atoms with Gasteiger partial charge in [0.2, 0.25) is 0 Å². The number of nitrogens with two attached hydrogens (primary N) is 1. The Morgan fingerprint density at radius 3 is 2.66 bits per heavy atom. The van der Waals surface area contributed by atoms with Crippen LogP contribution in [0.25, 0.3) is 0 Å². The molecule has 29 heavy (non-hydrogen) atoms. The summed E-state index contributed by atoms with van der Waals surface area (Å²) in [5, 5.41) is 3.59. The third-order valence-electron chi connectivity index (χ3n) is 4.71. The van der Waals surface area contributed by atoms with Crippen LogP contribution in [0.3, 0.4) is 0 Å². The number of furan rings is 1. The number of aromatic amines is 1. The van der Waals surface area contributed by atoms with Crippen LogP contribution < -0.4 is 27.2 Å². The van der Waals surface area contributed by atoms with Crippen molar-refractivity contribution in [2.45, 2.75) is 32.0 Å². The predicted octanol–water partition coefficient (Wildman–Crippen LogP) is 1.80. The van der Waals surface area contributed by atoms with Gasteiger partial charge in [-0.15, -0.1) is 0 Å². The van der Waals surface area contributed by atoms with Gasteiger partial charge in [0.25, 0.3) is 5.56 Å². The van der Waals surface area contributed by atoms with E-state index in [4.69, 9.17) is 22.4 Å². The van der Waals surface area contributed by atoms with Gasteiger partial charge in [-0.1, -0.05) is 30.3 Å². The van der Waals surface area contributed by atoms with Crippen LogP contribution >= 0.6 is 12.2 Å². The van der Waals surface area contributed by atoms with E-state index in [1.807, 2.05) is 30.3 Å². The molecule has 1 saturated carbocycles. The zero-order valence-electron chi connectivity index (χ0n) is 15.6. The van der Waals surface area contributed by atoms with Gasteiger partial charge in [-0.05, 0) is 42.8 Å². The lowest BCUT2D eigenvalue weighted by Crippen LogP contribution is -2.45. The predicted molar refractivity (Wildman–Crippen MR) is 115 cm³/mol. The van der Waals surface area contributed by atoms with Crippen molar-refractivity contribution in [1.82, 2.24) is 14.9 Å². The maximum Gasteiger partial charge on any atom is 0.330 e. The molecule has 150 valence electrons. The quantitative estimate of drug-likeness (QED) is 0.531. The third-order valence-corrected chi connectivity index (χ3v) is 5.05. The number of H-pyrrole nitrogens is 1. The topological polar surface area (TPSA) is 109 Å². The van der Waals surface area contributed by atoms with E-state index in [1.165, 1.54) is 4.57 Å². The second-order valence-electron chi connectivity index (χ2n) is 6.95. The number of nitrogens with one attached hydrogen (secondary N) is 2. The molecule has 4 N–H and O–H groups in total. The fourth-order valence-electron chi connectivity index (χ4n) is 3.05. The Kier molecular flexibility index (Phi) is 5.22. The van der Waals surface area contributed by atoms with Crippen LogP contribution in [0.15, 0.2) is 62.7 Å². The Morgan fingerprint density at radius 2 is 2.00 bits per heavy atom. The number of hydrogen-bond donors (Lipinski definition) is 3. The number of thiocarbonyl (C=S) groups is 1. The first kappa shape index (κ1) is 19.0. The molecule has 2 heterocycles. The minimum atomic E-state index is -0.594. The normalized spacial score (nSPS) is 13.2. The van der Waals surface area contributed by atoms with Crippen LogP contribution in [0, 0.1) is 0 Å². The van der Waals surface area contributed by atoms with Gasteiger partial charge in [-0.2, -0.15) is 0 Å². The maximum absolute atomic E-state index is 12.7. The number of anilines is 2.